The standard InChI is InChI=1S/C14H18FNO2/c1-14(9-13(17)18)7-4-8-16(10-14)12-6-3-2-5-11(12)15/h2-3,5-6H,4,7-10H2,1H3,(H,17,18). The number of carboxylic acids is 1. The lowest BCUT2D eigenvalue weighted by Crippen LogP contribution is -2.43. The largest absolute Gasteiger partial charge is 0.481 e. The van der Waals surface area contributed by atoms with Gasteiger partial charge in [0.2, 0.25) is 0 Å². The van der Waals surface area contributed by atoms with Gasteiger partial charge in [-0.1, -0.05) is 19.1 Å². The summed E-state index contributed by atoms with van der Waals surface area (Å²) in [5, 5.41) is 8.95. The fourth-order valence-electron chi connectivity index (χ4n) is 2.74. The van der Waals surface area contributed by atoms with Crippen LogP contribution in [0.15, 0.2) is 24.3 Å². The van der Waals surface area contributed by atoms with Crippen LogP contribution in [-0.4, -0.2) is 24.2 Å². The highest BCUT2D eigenvalue weighted by molar-refractivity contribution is 5.68. The molecule has 2 rings (SSSR count). The van der Waals surface area contributed by atoms with Gasteiger partial charge in [-0.2, -0.15) is 0 Å². The predicted molar refractivity (Wildman–Crippen MR) is 68.2 cm³/mol. The van der Waals surface area contributed by atoms with Crippen molar-refractivity contribution in [3.63, 3.8) is 0 Å². The molecular formula is C14H18FNO2. The lowest BCUT2D eigenvalue weighted by atomic mass is 9.79. The van der Waals surface area contributed by atoms with E-state index in [9.17, 15) is 9.18 Å². The molecule has 1 heterocycles. The average Bonchev–Trinajstić information content (AvgIpc) is 2.27. The molecular weight excluding hydrogens is 233 g/mol. The first-order valence-corrected chi connectivity index (χ1v) is 6.21. The Kier molecular flexibility index (Phi) is 3.55. The highest BCUT2D eigenvalue weighted by atomic mass is 19.1. The first-order chi connectivity index (χ1) is 8.50. The molecule has 3 nitrogen and oxygen atoms in total. The highest BCUT2D eigenvalue weighted by Gasteiger charge is 2.33. The molecule has 1 aliphatic rings. The quantitative estimate of drug-likeness (QED) is 0.898. The van der Waals surface area contributed by atoms with Gasteiger partial charge in [0.05, 0.1) is 12.1 Å². The summed E-state index contributed by atoms with van der Waals surface area (Å²) < 4.78 is 13.7. The van der Waals surface area contributed by atoms with Crippen molar-refractivity contribution in [1.29, 1.82) is 0 Å². The summed E-state index contributed by atoms with van der Waals surface area (Å²) in [7, 11) is 0. The molecule has 0 radical (unpaired) electrons. The number of para-hydroxylation sites is 1. The van der Waals surface area contributed by atoms with Crippen LogP contribution in [0.5, 0.6) is 0 Å². The van der Waals surface area contributed by atoms with E-state index in [0.717, 1.165) is 19.4 Å². The van der Waals surface area contributed by atoms with Gasteiger partial charge in [-0.3, -0.25) is 4.79 Å². The third-order valence-electron chi connectivity index (χ3n) is 3.55. The van der Waals surface area contributed by atoms with E-state index in [1.165, 1.54) is 6.07 Å². The van der Waals surface area contributed by atoms with Crippen molar-refractivity contribution < 1.29 is 14.3 Å². The molecule has 1 N–H and O–H groups in total. The summed E-state index contributed by atoms with van der Waals surface area (Å²) in [5.41, 5.74) is 0.306. The molecule has 1 aromatic rings. The molecule has 1 atom stereocenters. The Morgan fingerprint density at radius 1 is 1.50 bits per heavy atom. The number of nitrogens with zero attached hydrogens (tertiary/aromatic N) is 1. The zero-order valence-electron chi connectivity index (χ0n) is 10.5. The predicted octanol–water partition coefficient (Wildman–Crippen LogP) is 2.91. The van der Waals surface area contributed by atoms with E-state index in [1.807, 2.05) is 17.9 Å². The topological polar surface area (TPSA) is 40.5 Å². The lowest BCUT2D eigenvalue weighted by molar-refractivity contribution is -0.139. The van der Waals surface area contributed by atoms with Gasteiger partial charge in [0.1, 0.15) is 5.82 Å². The van der Waals surface area contributed by atoms with Gasteiger partial charge < -0.3 is 10.0 Å². The molecule has 1 unspecified atom stereocenters. The fourth-order valence-corrected chi connectivity index (χ4v) is 2.74. The summed E-state index contributed by atoms with van der Waals surface area (Å²) in [6.07, 6.45) is 1.92. The van der Waals surface area contributed by atoms with Gasteiger partial charge in [0.25, 0.3) is 0 Å². The Morgan fingerprint density at radius 2 is 2.22 bits per heavy atom. The van der Waals surface area contributed by atoms with Crippen molar-refractivity contribution >= 4 is 11.7 Å². The Labute approximate surface area is 106 Å². The van der Waals surface area contributed by atoms with Gasteiger partial charge in [0.15, 0.2) is 0 Å². The Balaban J connectivity index is 2.16. The number of benzene rings is 1. The molecule has 0 aromatic heterocycles. The first-order valence-electron chi connectivity index (χ1n) is 6.21. The van der Waals surface area contributed by atoms with Gasteiger partial charge >= 0.3 is 5.97 Å². The summed E-state index contributed by atoms with van der Waals surface area (Å²) in [4.78, 5) is 12.9. The molecule has 4 heteroatoms. The third kappa shape index (κ3) is 2.81. The molecule has 0 amide bonds. The van der Waals surface area contributed by atoms with Crippen molar-refractivity contribution in [2.45, 2.75) is 26.2 Å². The minimum atomic E-state index is -0.784. The number of carbonyl (C=O) groups is 1. The van der Waals surface area contributed by atoms with Crippen molar-refractivity contribution in [2.75, 3.05) is 18.0 Å². The zero-order chi connectivity index (χ0) is 13.2. The maximum Gasteiger partial charge on any atom is 0.303 e. The van der Waals surface area contributed by atoms with Crippen LogP contribution in [0.3, 0.4) is 0 Å². The van der Waals surface area contributed by atoms with E-state index < -0.39 is 5.97 Å². The maximum atomic E-state index is 13.7. The number of aliphatic carboxylic acids is 1. The average molecular weight is 251 g/mol. The molecule has 0 spiro atoms. The van der Waals surface area contributed by atoms with Crippen molar-refractivity contribution in [3.8, 4) is 0 Å². The number of carboxylic acid groups (broad SMARTS) is 1. The second-order valence-corrected chi connectivity index (χ2v) is 5.36. The number of hydrogen-bond donors (Lipinski definition) is 1. The molecule has 1 aromatic carbocycles. The minimum Gasteiger partial charge on any atom is -0.481 e. The van der Waals surface area contributed by atoms with Gasteiger partial charge in [-0.15, -0.1) is 0 Å². The van der Waals surface area contributed by atoms with Crippen molar-refractivity contribution in [1.82, 2.24) is 0 Å². The van der Waals surface area contributed by atoms with Crippen LogP contribution in [0.2, 0.25) is 0 Å². The van der Waals surface area contributed by atoms with E-state index in [2.05, 4.69) is 0 Å². The van der Waals surface area contributed by atoms with Crippen LogP contribution in [0.4, 0.5) is 10.1 Å². The number of piperidine rings is 1. The van der Waals surface area contributed by atoms with Gasteiger partial charge in [0, 0.05) is 13.1 Å². The molecule has 1 fully saturated rings. The second-order valence-electron chi connectivity index (χ2n) is 5.36. The third-order valence-corrected chi connectivity index (χ3v) is 3.55. The second kappa shape index (κ2) is 4.96. The Morgan fingerprint density at radius 3 is 2.89 bits per heavy atom. The Hall–Kier alpha value is -1.58. The molecule has 1 saturated heterocycles. The summed E-state index contributed by atoms with van der Waals surface area (Å²) in [6.45, 7) is 3.35. The normalized spacial score (nSPS) is 24.0. The monoisotopic (exact) mass is 251 g/mol. The molecule has 18 heavy (non-hydrogen) atoms. The molecule has 0 saturated carbocycles. The number of anilines is 1. The molecule has 0 bridgehead atoms. The van der Waals surface area contributed by atoms with E-state index in [0.29, 0.717) is 12.2 Å². The van der Waals surface area contributed by atoms with Crippen LogP contribution < -0.4 is 4.90 Å². The summed E-state index contributed by atoms with van der Waals surface area (Å²) >= 11 is 0. The Bertz CT molecular complexity index is 449. The SMILES string of the molecule is CC1(CC(=O)O)CCCN(c2ccccc2F)C1. The molecule has 98 valence electrons. The van der Waals surface area contributed by atoms with Crippen LogP contribution in [0, 0.1) is 11.2 Å². The smallest absolute Gasteiger partial charge is 0.303 e. The number of halogens is 1. The van der Waals surface area contributed by atoms with E-state index in [-0.39, 0.29) is 17.7 Å². The molecule has 1 aliphatic heterocycles. The summed E-state index contributed by atoms with van der Waals surface area (Å²) in [6, 6.07) is 6.67. The van der Waals surface area contributed by atoms with E-state index >= 15 is 0 Å². The fraction of sp³-hybridized carbons (Fsp3) is 0.500. The van der Waals surface area contributed by atoms with Crippen LogP contribution in [0.25, 0.3) is 0 Å². The minimum absolute atomic E-state index is 0.137. The van der Waals surface area contributed by atoms with Gasteiger partial charge in [-0.25, -0.2) is 4.39 Å². The van der Waals surface area contributed by atoms with Crippen LogP contribution in [-0.2, 0) is 4.79 Å². The first kappa shape index (κ1) is 12.9. The summed E-state index contributed by atoms with van der Waals surface area (Å²) in [5.74, 6) is -1.02. The van der Waals surface area contributed by atoms with Gasteiger partial charge in [-0.05, 0) is 30.4 Å². The van der Waals surface area contributed by atoms with Crippen LogP contribution >= 0.6 is 0 Å². The lowest BCUT2D eigenvalue weighted by Gasteiger charge is -2.41. The van der Waals surface area contributed by atoms with Crippen LogP contribution in [0.1, 0.15) is 26.2 Å². The maximum absolute atomic E-state index is 13.7. The zero-order valence-corrected chi connectivity index (χ0v) is 10.5. The van der Waals surface area contributed by atoms with E-state index in [4.69, 9.17) is 5.11 Å². The number of rotatable bonds is 3. The number of hydrogen-bond acceptors (Lipinski definition) is 2. The van der Waals surface area contributed by atoms with Crippen molar-refractivity contribution in [2.24, 2.45) is 5.41 Å². The molecule has 0 aliphatic carbocycles. The van der Waals surface area contributed by atoms with E-state index in [1.54, 1.807) is 12.1 Å². The van der Waals surface area contributed by atoms with Crippen molar-refractivity contribution in [3.05, 3.63) is 30.1 Å². The highest BCUT2D eigenvalue weighted by Crippen LogP contribution is 2.35.